The van der Waals surface area contributed by atoms with Gasteiger partial charge in [0.1, 0.15) is 0 Å². The van der Waals surface area contributed by atoms with Crippen molar-refractivity contribution in [2.24, 2.45) is 0 Å². The van der Waals surface area contributed by atoms with Crippen molar-refractivity contribution >= 4 is 60.2 Å². The summed E-state index contributed by atoms with van der Waals surface area (Å²) in [6.07, 6.45) is 0. The molecule has 0 spiro atoms. The molecule has 11 rings (SSSR count). The quantitative estimate of drug-likeness (QED) is 0.180. The molecule has 1 nitrogen and oxygen atoms in total. The first-order valence-corrected chi connectivity index (χ1v) is 18.8. The molecule has 2 aliphatic rings. The molecule has 0 atom stereocenters. The smallest absolute Gasteiger partial charge is 0.0468 e. The highest BCUT2D eigenvalue weighted by atomic mass is 15.1. The molecule has 252 valence electrons. The van der Waals surface area contributed by atoms with Crippen LogP contribution in [0.15, 0.2) is 164 Å². The molecule has 9 aromatic carbocycles. The molecule has 0 bridgehead atoms. The van der Waals surface area contributed by atoms with Gasteiger partial charge < -0.3 is 4.90 Å². The highest BCUT2D eigenvalue weighted by molar-refractivity contribution is 6.04. The van der Waals surface area contributed by atoms with E-state index in [1.165, 1.54) is 87.6 Å². The van der Waals surface area contributed by atoms with Crippen LogP contribution in [0.25, 0.3) is 65.3 Å². The lowest BCUT2D eigenvalue weighted by Crippen LogP contribution is -2.15. The number of para-hydroxylation sites is 1. The maximum Gasteiger partial charge on any atom is 0.0468 e. The Hall–Kier alpha value is -6.18. The Kier molecular flexibility index (Phi) is 6.14. The fourth-order valence-corrected chi connectivity index (χ4v) is 9.96. The molecule has 0 heterocycles. The lowest BCUT2D eigenvalue weighted by molar-refractivity contribution is 0.667. The molecule has 0 aliphatic heterocycles. The fourth-order valence-electron chi connectivity index (χ4n) is 9.96. The molecule has 0 radical (unpaired) electrons. The van der Waals surface area contributed by atoms with Crippen molar-refractivity contribution in [2.75, 3.05) is 4.90 Å². The topological polar surface area (TPSA) is 3.24 Å². The zero-order chi connectivity index (χ0) is 35.6. The molecule has 9 aromatic rings. The summed E-state index contributed by atoms with van der Waals surface area (Å²) < 4.78 is 0. The van der Waals surface area contributed by atoms with Crippen molar-refractivity contribution in [3.63, 3.8) is 0 Å². The first-order chi connectivity index (χ1) is 25.8. The number of benzene rings is 9. The number of fused-ring (bicyclic) bond motifs is 12. The Morgan fingerprint density at radius 2 is 0.755 bits per heavy atom. The maximum atomic E-state index is 2.46. The highest BCUT2D eigenvalue weighted by Gasteiger charge is 2.38. The second-order valence-corrected chi connectivity index (χ2v) is 16.2. The second kappa shape index (κ2) is 10.7. The van der Waals surface area contributed by atoms with E-state index < -0.39 is 0 Å². The summed E-state index contributed by atoms with van der Waals surface area (Å²) in [4.78, 5) is 2.42. The molecular formula is C52H39N. The Balaban J connectivity index is 1.06. The van der Waals surface area contributed by atoms with Crippen molar-refractivity contribution in [3.05, 3.63) is 186 Å². The highest BCUT2D eigenvalue weighted by Crippen LogP contribution is 2.54. The summed E-state index contributed by atoms with van der Waals surface area (Å²) in [6, 6.07) is 61.4. The molecule has 1 heteroatoms. The summed E-state index contributed by atoms with van der Waals surface area (Å²) in [7, 11) is 0. The van der Waals surface area contributed by atoms with E-state index in [9.17, 15) is 0 Å². The minimum Gasteiger partial charge on any atom is -0.310 e. The summed E-state index contributed by atoms with van der Waals surface area (Å²) >= 11 is 0. The summed E-state index contributed by atoms with van der Waals surface area (Å²) in [5, 5.41) is 10.4. The Morgan fingerprint density at radius 3 is 1.25 bits per heavy atom. The summed E-state index contributed by atoms with van der Waals surface area (Å²) in [5.41, 5.74) is 14.4. The Labute approximate surface area is 310 Å². The SMILES string of the molecule is CC1(C)c2cc3cc(N(c4ccccc4)c4ccc5cc6c(cc5c4)C(C)(C)c4c-6ccc5ccccc45)ccc3cc2-c2ccc3ccccc3c21. The van der Waals surface area contributed by atoms with Gasteiger partial charge in [0, 0.05) is 27.9 Å². The first-order valence-electron chi connectivity index (χ1n) is 18.8. The Bertz CT molecular complexity index is 2810. The molecule has 0 N–H and O–H groups in total. The number of anilines is 3. The van der Waals surface area contributed by atoms with Crippen LogP contribution in [0.5, 0.6) is 0 Å². The first kappa shape index (κ1) is 30.4. The molecule has 0 aromatic heterocycles. The largest absolute Gasteiger partial charge is 0.310 e. The van der Waals surface area contributed by atoms with Crippen LogP contribution in [0.3, 0.4) is 0 Å². The van der Waals surface area contributed by atoms with Gasteiger partial charge in [0.2, 0.25) is 0 Å². The minimum absolute atomic E-state index is 0.104. The van der Waals surface area contributed by atoms with Crippen LogP contribution in [0.1, 0.15) is 49.9 Å². The normalized spacial score (nSPS) is 14.7. The van der Waals surface area contributed by atoms with Crippen LogP contribution in [0, 0.1) is 0 Å². The van der Waals surface area contributed by atoms with Crippen LogP contribution < -0.4 is 4.90 Å². The van der Waals surface area contributed by atoms with Gasteiger partial charge in [-0.25, -0.2) is 0 Å². The van der Waals surface area contributed by atoms with Crippen LogP contribution in [-0.4, -0.2) is 0 Å². The van der Waals surface area contributed by atoms with Gasteiger partial charge in [-0.3, -0.25) is 0 Å². The molecule has 0 fully saturated rings. The number of hydrogen-bond acceptors (Lipinski definition) is 1. The second-order valence-electron chi connectivity index (χ2n) is 16.2. The van der Waals surface area contributed by atoms with E-state index in [4.69, 9.17) is 0 Å². The monoisotopic (exact) mass is 677 g/mol. The predicted molar refractivity (Wildman–Crippen MR) is 226 cm³/mol. The standard InChI is InChI=1S/C52H39N/c1-51(2)47-30-36-26-39(22-18-34(36)28-45(47)43-24-20-32-12-8-10-16-41(32)49(43)51)53(38-14-6-5-7-15-38)40-23-19-35-29-46-44-25-21-33-13-9-11-17-42(33)50(44)52(3,4)48(46)31-37(35)27-40/h5-31H,1-4H3. The van der Waals surface area contributed by atoms with Gasteiger partial charge in [-0.05, 0) is 148 Å². The average Bonchev–Trinajstić information content (AvgIpc) is 3.55. The van der Waals surface area contributed by atoms with E-state index in [2.05, 4.69) is 196 Å². The van der Waals surface area contributed by atoms with E-state index in [1.807, 2.05) is 0 Å². The van der Waals surface area contributed by atoms with Crippen molar-refractivity contribution < 1.29 is 0 Å². The fraction of sp³-hybridized carbons (Fsp3) is 0.115. The zero-order valence-corrected chi connectivity index (χ0v) is 30.5. The van der Waals surface area contributed by atoms with Crippen molar-refractivity contribution in [1.82, 2.24) is 0 Å². The molecule has 0 saturated heterocycles. The lowest BCUT2D eigenvalue weighted by Gasteiger charge is -2.27. The number of hydrogen-bond donors (Lipinski definition) is 0. The lowest BCUT2D eigenvalue weighted by atomic mass is 9.80. The van der Waals surface area contributed by atoms with Gasteiger partial charge in [0.15, 0.2) is 0 Å². The third-order valence-electron chi connectivity index (χ3n) is 12.5. The third kappa shape index (κ3) is 4.25. The molecule has 53 heavy (non-hydrogen) atoms. The van der Waals surface area contributed by atoms with Crippen LogP contribution >= 0.6 is 0 Å². The van der Waals surface area contributed by atoms with Crippen molar-refractivity contribution in [1.29, 1.82) is 0 Å². The van der Waals surface area contributed by atoms with Crippen molar-refractivity contribution in [3.8, 4) is 22.3 Å². The van der Waals surface area contributed by atoms with Crippen LogP contribution in [0.2, 0.25) is 0 Å². The Morgan fingerprint density at radius 1 is 0.321 bits per heavy atom. The van der Waals surface area contributed by atoms with E-state index >= 15 is 0 Å². The average molecular weight is 678 g/mol. The van der Waals surface area contributed by atoms with Gasteiger partial charge in [0.25, 0.3) is 0 Å². The number of rotatable bonds is 3. The van der Waals surface area contributed by atoms with Gasteiger partial charge in [-0.15, -0.1) is 0 Å². The van der Waals surface area contributed by atoms with Crippen LogP contribution in [0.4, 0.5) is 17.1 Å². The summed E-state index contributed by atoms with van der Waals surface area (Å²) in [6.45, 7) is 9.57. The van der Waals surface area contributed by atoms with E-state index in [-0.39, 0.29) is 10.8 Å². The van der Waals surface area contributed by atoms with Crippen LogP contribution in [-0.2, 0) is 10.8 Å². The van der Waals surface area contributed by atoms with Gasteiger partial charge in [0.05, 0.1) is 0 Å². The maximum absolute atomic E-state index is 2.46. The molecular weight excluding hydrogens is 639 g/mol. The molecule has 0 saturated carbocycles. The van der Waals surface area contributed by atoms with Gasteiger partial charge in [-0.1, -0.05) is 131 Å². The van der Waals surface area contributed by atoms with E-state index in [0.29, 0.717) is 0 Å². The molecule has 0 unspecified atom stereocenters. The van der Waals surface area contributed by atoms with Gasteiger partial charge in [-0.2, -0.15) is 0 Å². The zero-order valence-electron chi connectivity index (χ0n) is 30.5. The molecule has 0 amide bonds. The molecule has 2 aliphatic carbocycles. The van der Waals surface area contributed by atoms with E-state index in [0.717, 1.165) is 17.1 Å². The minimum atomic E-state index is -0.104. The number of nitrogens with zero attached hydrogens (tertiary/aromatic N) is 1. The van der Waals surface area contributed by atoms with E-state index in [1.54, 1.807) is 0 Å². The van der Waals surface area contributed by atoms with Gasteiger partial charge >= 0.3 is 0 Å². The third-order valence-corrected chi connectivity index (χ3v) is 12.5. The summed E-state index contributed by atoms with van der Waals surface area (Å²) in [5.74, 6) is 0. The predicted octanol–water partition coefficient (Wildman–Crippen LogP) is 14.4. The van der Waals surface area contributed by atoms with Crippen molar-refractivity contribution in [2.45, 2.75) is 38.5 Å².